The third-order valence-electron chi connectivity index (χ3n) is 7.11. The third-order valence-corrected chi connectivity index (χ3v) is 7.11. The normalized spacial score (nSPS) is 22.0. The Bertz CT molecular complexity index is 1220. The van der Waals surface area contributed by atoms with E-state index < -0.39 is 0 Å². The maximum absolute atomic E-state index is 13.8. The molecule has 1 N–H and O–H groups in total. The minimum atomic E-state index is -0.180. The number of pyridine rings is 1. The quantitative estimate of drug-likeness (QED) is 0.418. The number of hydrogen-bond donors (Lipinski definition) is 1. The van der Waals surface area contributed by atoms with E-state index in [0.717, 1.165) is 47.4 Å². The first-order valence-electron chi connectivity index (χ1n) is 11.3. The number of benzene rings is 2. The van der Waals surface area contributed by atoms with Crippen LogP contribution in [0.2, 0.25) is 0 Å². The largest absolute Gasteiger partial charge is 0.342 e. The maximum Gasteiger partial charge on any atom is 0.123 e. The summed E-state index contributed by atoms with van der Waals surface area (Å²) in [6.07, 6.45) is 10.2. The van der Waals surface area contributed by atoms with Crippen molar-refractivity contribution < 1.29 is 4.39 Å². The van der Waals surface area contributed by atoms with Crippen LogP contribution < -0.4 is 0 Å². The molecule has 152 valence electrons. The number of nitrogens with one attached hydrogen (secondary N) is 1. The zero-order valence-corrected chi connectivity index (χ0v) is 17.1. The van der Waals surface area contributed by atoms with E-state index in [2.05, 4.69) is 34.2 Å². The van der Waals surface area contributed by atoms with Crippen molar-refractivity contribution in [2.45, 2.75) is 56.8 Å². The number of aromatic nitrogens is 3. The predicted molar refractivity (Wildman–Crippen MR) is 118 cm³/mol. The number of fused-ring (bicyclic) bond motifs is 2. The lowest BCUT2D eigenvalue weighted by molar-refractivity contribution is 0.322. The second-order valence-electron chi connectivity index (χ2n) is 9.22. The lowest BCUT2D eigenvalue weighted by atomic mass is 9.77. The first-order chi connectivity index (χ1) is 14.7. The van der Waals surface area contributed by atoms with E-state index >= 15 is 0 Å². The average Bonchev–Trinajstić information content (AvgIpc) is 3.54. The van der Waals surface area contributed by atoms with Gasteiger partial charge in [0, 0.05) is 18.0 Å². The molecular weight excluding hydrogens is 373 g/mol. The Hall–Kier alpha value is -2.75. The monoisotopic (exact) mass is 399 g/mol. The van der Waals surface area contributed by atoms with Gasteiger partial charge in [-0.2, -0.15) is 0 Å². The zero-order valence-electron chi connectivity index (χ0n) is 17.1. The summed E-state index contributed by atoms with van der Waals surface area (Å²) in [5.74, 6) is 2.87. The van der Waals surface area contributed by atoms with Crippen molar-refractivity contribution in [3.8, 4) is 0 Å². The molecule has 0 aliphatic heterocycles. The first-order valence-corrected chi connectivity index (χ1v) is 11.3. The summed E-state index contributed by atoms with van der Waals surface area (Å²) in [5, 5.41) is 0.977. The summed E-state index contributed by atoms with van der Waals surface area (Å²) < 4.78 is 13.8. The van der Waals surface area contributed by atoms with E-state index in [-0.39, 0.29) is 5.82 Å². The van der Waals surface area contributed by atoms with Crippen LogP contribution >= 0.6 is 0 Å². The van der Waals surface area contributed by atoms with Gasteiger partial charge in [0.2, 0.25) is 0 Å². The summed E-state index contributed by atoms with van der Waals surface area (Å²) in [7, 11) is 0. The number of nitrogens with zero attached hydrogens (tertiary/aromatic N) is 2. The number of aromatic amines is 1. The van der Waals surface area contributed by atoms with Crippen LogP contribution in [0.3, 0.4) is 0 Å². The third kappa shape index (κ3) is 3.38. The Morgan fingerprint density at radius 2 is 1.67 bits per heavy atom. The van der Waals surface area contributed by atoms with Crippen LogP contribution in [0.25, 0.3) is 21.9 Å². The molecule has 0 spiro atoms. The van der Waals surface area contributed by atoms with Crippen LogP contribution in [0.5, 0.6) is 0 Å². The van der Waals surface area contributed by atoms with Crippen LogP contribution in [-0.2, 0) is 6.42 Å². The highest BCUT2D eigenvalue weighted by atomic mass is 19.1. The van der Waals surface area contributed by atoms with E-state index in [1.54, 1.807) is 12.1 Å². The molecule has 0 radical (unpaired) electrons. The molecule has 0 atom stereocenters. The second-order valence-corrected chi connectivity index (χ2v) is 9.22. The molecule has 0 unspecified atom stereocenters. The summed E-state index contributed by atoms with van der Waals surface area (Å²) in [6, 6.07) is 13.7. The molecule has 6 rings (SSSR count). The predicted octanol–water partition coefficient (Wildman–Crippen LogP) is 6.64. The van der Waals surface area contributed by atoms with E-state index in [1.165, 1.54) is 48.4 Å². The zero-order chi connectivity index (χ0) is 20.1. The molecule has 0 amide bonds. The molecular formula is C26H26FN3. The molecule has 2 aromatic carbocycles. The summed E-state index contributed by atoms with van der Waals surface area (Å²) in [4.78, 5) is 12.8. The molecule has 2 aromatic heterocycles. The SMILES string of the molecule is Fc1ccc2nccc(C3CCC(Cc4nc5ccc(C6CC6)cc5[nH]4)CC3)c2c1. The number of imidazole rings is 1. The molecule has 3 nitrogen and oxygen atoms in total. The molecule has 2 fully saturated rings. The van der Waals surface area contributed by atoms with Gasteiger partial charge in [-0.1, -0.05) is 6.07 Å². The van der Waals surface area contributed by atoms with Crippen LogP contribution in [0.1, 0.15) is 67.3 Å². The number of halogens is 1. The van der Waals surface area contributed by atoms with Gasteiger partial charge in [0.1, 0.15) is 11.6 Å². The Labute approximate surface area is 175 Å². The van der Waals surface area contributed by atoms with E-state index in [1.807, 2.05) is 6.20 Å². The first kappa shape index (κ1) is 18.1. The number of hydrogen-bond acceptors (Lipinski definition) is 2. The Kier molecular flexibility index (Phi) is 4.33. The van der Waals surface area contributed by atoms with Gasteiger partial charge >= 0.3 is 0 Å². The molecule has 0 bridgehead atoms. The maximum atomic E-state index is 13.8. The Balaban J connectivity index is 1.16. The molecule has 4 aromatic rings. The minimum absolute atomic E-state index is 0.180. The summed E-state index contributed by atoms with van der Waals surface area (Å²) in [5.41, 5.74) is 5.89. The molecule has 4 heteroatoms. The van der Waals surface area contributed by atoms with Crippen LogP contribution in [0.4, 0.5) is 4.39 Å². The fourth-order valence-electron chi connectivity index (χ4n) is 5.29. The highest BCUT2D eigenvalue weighted by Crippen LogP contribution is 2.41. The Morgan fingerprint density at radius 1 is 0.867 bits per heavy atom. The molecule has 30 heavy (non-hydrogen) atoms. The van der Waals surface area contributed by atoms with E-state index in [9.17, 15) is 4.39 Å². The summed E-state index contributed by atoms with van der Waals surface area (Å²) in [6.45, 7) is 0. The average molecular weight is 400 g/mol. The van der Waals surface area contributed by atoms with Crippen molar-refractivity contribution in [3.05, 3.63) is 71.4 Å². The molecule has 2 aliphatic rings. The van der Waals surface area contributed by atoms with Gasteiger partial charge < -0.3 is 4.98 Å². The van der Waals surface area contributed by atoms with Crippen molar-refractivity contribution in [3.63, 3.8) is 0 Å². The van der Waals surface area contributed by atoms with Gasteiger partial charge in [-0.05, 0) is 104 Å². The van der Waals surface area contributed by atoms with Gasteiger partial charge in [-0.3, -0.25) is 4.98 Å². The molecule has 2 saturated carbocycles. The second kappa shape index (κ2) is 7.19. The summed E-state index contributed by atoms with van der Waals surface area (Å²) >= 11 is 0. The number of rotatable bonds is 4. The highest BCUT2D eigenvalue weighted by Gasteiger charge is 2.26. The molecule has 0 saturated heterocycles. The van der Waals surface area contributed by atoms with Gasteiger partial charge in [-0.25, -0.2) is 9.37 Å². The van der Waals surface area contributed by atoms with Gasteiger partial charge in [0.15, 0.2) is 0 Å². The minimum Gasteiger partial charge on any atom is -0.342 e. The van der Waals surface area contributed by atoms with Crippen molar-refractivity contribution in [1.82, 2.24) is 15.0 Å². The molecule has 2 aliphatic carbocycles. The van der Waals surface area contributed by atoms with Gasteiger partial charge in [0.05, 0.1) is 16.6 Å². The van der Waals surface area contributed by atoms with Crippen molar-refractivity contribution in [2.24, 2.45) is 5.92 Å². The molecule has 2 heterocycles. The highest BCUT2D eigenvalue weighted by molar-refractivity contribution is 5.82. The van der Waals surface area contributed by atoms with E-state index in [0.29, 0.717) is 11.8 Å². The van der Waals surface area contributed by atoms with Crippen LogP contribution in [0, 0.1) is 11.7 Å². The van der Waals surface area contributed by atoms with Crippen LogP contribution in [-0.4, -0.2) is 15.0 Å². The fourth-order valence-corrected chi connectivity index (χ4v) is 5.29. The smallest absolute Gasteiger partial charge is 0.123 e. The van der Waals surface area contributed by atoms with Crippen molar-refractivity contribution in [2.75, 3.05) is 0 Å². The van der Waals surface area contributed by atoms with E-state index in [4.69, 9.17) is 4.98 Å². The number of H-pyrrole nitrogens is 1. The lowest BCUT2D eigenvalue weighted by Gasteiger charge is -2.29. The van der Waals surface area contributed by atoms with Crippen molar-refractivity contribution in [1.29, 1.82) is 0 Å². The van der Waals surface area contributed by atoms with Gasteiger partial charge in [-0.15, -0.1) is 0 Å². The fraction of sp³-hybridized carbons (Fsp3) is 0.385. The van der Waals surface area contributed by atoms with Crippen LogP contribution in [0.15, 0.2) is 48.7 Å². The van der Waals surface area contributed by atoms with Crippen molar-refractivity contribution >= 4 is 21.9 Å². The topological polar surface area (TPSA) is 41.6 Å². The Morgan fingerprint density at radius 3 is 2.50 bits per heavy atom. The van der Waals surface area contributed by atoms with Gasteiger partial charge in [0.25, 0.3) is 0 Å². The standard InChI is InChI=1S/C26H26FN3/c27-20-8-10-23-22(15-20)21(11-12-28-23)18-3-1-16(2-4-18)13-26-29-24-9-7-19(17-5-6-17)14-25(24)30-26/h7-12,14-18H,1-6,13H2,(H,29,30). The lowest BCUT2D eigenvalue weighted by Crippen LogP contribution is -2.16.